The third-order valence-electron chi connectivity index (χ3n) is 6.90. The molecule has 0 aliphatic heterocycles. The van der Waals surface area contributed by atoms with Crippen molar-refractivity contribution in [1.29, 1.82) is 0 Å². The molecule has 0 nitrogen and oxygen atoms in total. The summed E-state index contributed by atoms with van der Waals surface area (Å²) in [4.78, 5) is 0. The molecular weight excluding hydrogens is 372 g/mol. The van der Waals surface area contributed by atoms with E-state index < -0.39 is 0 Å². The summed E-state index contributed by atoms with van der Waals surface area (Å²) in [5.74, 6) is 0. The van der Waals surface area contributed by atoms with E-state index in [1.54, 1.807) is 5.56 Å². The largest absolute Gasteiger partial charge is 0.0759 e. The molecule has 1 aliphatic carbocycles. The molecule has 0 saturated heterocycles. The molecule has 0 spiro atoms. The second-order valence-electron chi connectivity index (χ2n) is 8.91. The first-order valence-electron chi connectivity index (χ1n) is 12.2. The lowest BCUT2D eigenvalue weighted by atomic mass is 9.90. The van der Waals surface area contributed by atoms with Gasteiger partial charge >= 0.3 is 0 Å². The molecule has 3 aromatic rings. The van der Waals surface area contributed by atoms with Crippen molar-refractivity contribution >= 4 is 5.57 Å². The molecule has 1 aliphatic rings. The minimum Gasteiger partial charge on any atom is -0.0759 e. The van der Waals surface area contributed by atoms with E-state index in [0.29, 0.717) is 0 Å². The SMILES string of the molecule is CCc1ccc2c(c1)C(Cc1cccc(Cc3cc(CC)c(CC)c(CC)c3)c1)=CC2. The summed E-state index contributed by atoms with van der Waals surface area (Å²) in [7, 11) is 0. The zero-order chi connectivity index (χ0) is 21.8. The monoisotopic (exact) mass is 408 g/mol. The van der Waals surface area contributed by atoms with Crippen LogP contribution in [0.25, 0.3) is 5.57 Å². The number of rotatable bonds is 8. The summed E-state index contributed by atoms with van der Waals surface area (Å²) in [5, 5.41) is 0. The Kier molecular flexibility index (Phi) is 6.76. The molecule has 4 rings (SSSR count). The fourth-order valence-corrected chi connectivity index (χ4v) is 5.19. The van der Waals surface area contributed by atoms with Crippen LogP contribution in [0.4, 0.5) is 0 Å². The third-order valence-corrected chi connectivity index (χ3v) is 6.90. The maximum Gasteiger partial charge on any atom is -0.00227 e. The number of aryl methyl sites for hydroxylation is 3. The second kappa shape index (κ2) is 9.69. The van der Waals surface area contributed by atoms with Crippen LogP contribution in [0.15, 0.2) is 60.7 Å². The van der Waals surface area contributed by atoms with E-state index in [9.17, 15) is 0 Å². The minimum atomic E-state index is 1.02. The van der Waals surface area contributed by atoms with Crippen molar-refractivity contribution in [2.24, 2.45) is 0 Å². The highest BCUT2D eigenvalue weighted by atomic mass is 14.2. The lowest BCUT2D eigenvalue weighted by Crippen LogP contribution is -2.01. The first-order valence-corrected chi connectivity index (χ1v) is 12.2. The van der Waals surface area contributed by atoms with Crippen LogP contribution in [0.3, 0.4) is 0 Å². The maximum atomic E-state index is 2.45. The van der Waals surface area contributed by atoms with E-state index in [0.717, 1.165) is 44.9 Å². The van der Waals surface area contributed by atoms with Gasteiger partial charge in [0, 0.05) is 0 Å². The summed E-state index contributed by atoms with van der Waals surface area (Å²) in [6, 6.07) is 21.2. The third kappa shape index (κ3) is 4.69. The average molecular weight is 409 g/mol. The topological polar surface area (TPSA) is 0 Å². The Morgan fingerprint density at radius 2 is 1.32 bits per heavy atom. The fourth-order valence-electron chi connectivity index (χ4n) is 5.19. The zero-order valence-corrected chi connectivity index (χ0v) is 19.7. The number of benzene rings is 3. The molecule has 0 fully saturated rings. The van der Waals surface area contributed by atoms with Crippen molar-refractivity contribution in [3.63, 3.8) is 0 Å². The van der Waals surface area contributed by atoms with E-state index in [1.807, 2.05) is 0 Å². The quantitative estimate of drug-likeness (QED) is 0.358. The summed E-state index contributed by atoms with van der Waals surface area (Å²) in [6.45, 7) is 9.10. The van der Waals surface area contributed by atoms with Gasteiger partial charge in [-0.1, -0.05) is 88.4 Å². The second-order valence-corrected chi connectivity index (χ2v) is 8.91. The first-order chi connectivity index (χ1) is 15.1. The molecule has 0 amide bonds. The lowest BCUT2D eigenvalue weighted by Gasteiger charge is -2.15. The van der Waals surface area contributed by atoms with E-state index in [-0.39, 0.29) is 0 Å². The van der Waals surface area contributed by atoms with Gasteiger partial charge in [-0.3, -0.25) is 0 Å². The lowest BCUT2D eigenvalue weighted by molar-refractivity contribution is 0.967. The van der Waals surface area contributed by atoms with E-state index in [2.05, 4.69) is 88.4 Å². The molecule has 0 aromatic heterocycles. The smallest absolute Gasteiger partial charge is 0.00227 e. The number of hydrogen-bond acceptors (Lipinski definition) is 0. The summed E-state index contributed by atoms with van der Waals surface area (Å²) in [5.41, 5.74) is 14.8. The summed E-state index contributed by atoms with van der Waals surface area (Å²) < 4.78 is 0. The molecule has 0 heteroatoms. The number of fused-ring (bicyclic) bond motifs is 1. The average Bonchev–Trinajstić information content (AvgIpc) is 3.20. The molecule has 31 heavy (non-hydrogen) atoms. The van der Waals surface area contributed by atoms with Gasteiger partial charge < -0.3 is 0 Å². The Labute approximate surface area is 189 Å². The van der Waals surface area contributed by atoms with Crippen molar-refractivity contribution in [1.82, 2.24) is 0 Å². The van der Waals surface area contributed by atoms with Gasteiger partial charge in [0.1, 0.15) is 0 Å². The Bertz CT molecular complexity index is 1070. The van der Waals surface area contributed by atoms with E-state index in [1.165, 1.54) is 50.1 Å². The highest BCUT2D eigenvalue weighted by Crippen LogP contribution is 2.31. The number of hydrogen-bond donors (Lipinski definition) is 0. The van der Waals surface area contributed by atoms with Crippen molar-refractivity contribution in [2.45, 2.75) is 72.6 Å². The van der Waals surface area contributed by atoms with Crippen LogP contribution in [0, 0.1) is 0 Å². The van der Waals surface area contributed by atoms with Gasteiger partial charge in [0.15, 0.2) is 0 Å². The van der Waals surface area contributed by atoms with Crippen LogP contribution < -0.4 is 0 Å². The van der Waals surface area contributed by atoms with Crippen molar-refractivity contribution in [2.75, 3.05) is 0 Å². The van der Waals surface area contributed by atoms with E-state index >= 15 is 0 Å². The Morgan fingerprint density at radius 1 is 0.613 bits per heavy atom. The highest BCUT2D eigenvalue weighted by molar-refractivity contribution is 5.75. The Balaban J connectivity index is 1.56. The van der Waals surface area contributed by atoms with Crippen molar-refractivity contribution in [3.8, 4) is 0 Å². The highest BCUT2D eigenvalue weighted by Gasteiger charge is 2.15. The van der Waals surface area contributed by atoms with Crippen LogP contribution >= 0.6 is 0 Å². The molecular formula is C31H36. The Hall–Kier alpha value is -2.60. The maximum absolute atomic E-state index is 2.45. The van der Waals surface area contributed by atoms with Gasteiger partial charge in [-0.2, -0.15) is 0 Å². The molecule has 0 heterocycles. The van der Waals surface area contributed by atoms with Gasteiger partial charge in [0.05, 0.1) is 0 Å². The van der Waals surface area contributed by atoms with Crippen molar-refractivity contribution < 1.29 is 0 Å². The molecule has 0 radical (unpaired) electrons. The zero-order valence-electron chi connectivity index (χ0n) is 19.7. The van der Waals surface area contributed by atoms with Crippen LogP contribution in [0.1, 0.15) is 77.8 Å². The summed E-state index contributed by atoms with van der Waals surface area (Å²) in [6.07, 6.45) is 10.1. The van der Waals surface area contributed by atoms with Gasteiger partial charge in [-0.25, -0.2) is 0 Å². The normalized spacial score (nSPS) is 12.7. The molecule has 0 bridgehead atoms. The predicted octanol–water partition coefficient (Wildman–Crippen LogP) is 7.71. The molecule has 0 N–H and O–H groups in total. The van der Waals surface area contributed by atoms with Crippen molar-refractivity contribution in [3.05, 3.63) is 111 Å². The van der Waals surface area contributed by atoms with Gasteiger partial charge in [0.25, 0.3) is 0 Å². The fraction of sp³-hybridized carbons (Fsp3) is 0.355. The Morgan fingerprint density at radius 3 is 1.97 bits per heavy atom. The van der Waals surface area contributed by atoms with Gasteiger partial charge in [-0.15, -0.1) is 0 Å². The summed E-state index contributed by atoms with van der Waals surface area (Å²) >= 11 is 0. The first kappa shape index (κ1) is 21.6. The number of allylic oxidation sites excluding steroid dienone is 2. The van der Waals surface area contributed by atoms with Gasteiger partial charge in [-0.05, 0) is 101 Å². The van der Waals surface area contributed by atoms with E-state index in [4.69, 9.17) is 0 Å². The predicted molar refractivity (Wildman–Crippen MR) is 135 cm³/mol. The molecule has 0 atom stereocenters. The molecule has 3 aromatic carbocycles. The molecule has 160 valence electrons. The van der Waals surface area contributed by atoms with Crippen LogP contribution in [-0.4, -0.2) is 0 Å². The van der Waals surface area contributed by atoms with Crippen LogP contribution in [0.2, 0.25) is 0 Å². The molecule has 0 unspecified atom stereocenters. The van der Waals surface area contributed by atoms with Crippen LogP contribution in [-0.2, 0) is 44.9 Å². The van der Waals surface area contributed by atoms with Crippen LogP contribution in [0.5, 0.6) is 0 Å². The standard InChI is InChI=1S/C31H36/c1-5-22-12-13-28-14-15-29(31(28)21-22)18-24-11-9-10-23(16-24)17-25-19-26(6-2)30(8-4)27(7-3)20-25/h9-13,15-16,19-21H,5-8,14,17-18H2,1-4H3. The molecule has 0 saturated carbocycles. The minimum absolute atomic E-state index is 1.02. The van der Waals surface area contributed by atoms with Gasteiger partial charge in [0.2, 0.25) is 0 Å².